The molecule has 0 saturated carbocycles. The fourth-order valence-corrected chi connectivity index (χ4v) is 2.42. The van der Waals surface area contributed by atoms with Gasteiger partial charge in [0.1, 0.15) is 11.5 Å². The highest BCUT2D eigenvalue weighted by Gasteiger charge is 2.13. The lowest BCUT2D eigenvalue weighted by Gasteiger charge is -2.13. The van der Waals surface area contributed by atoms with Gasteiger partial charge in [0, 0.05) is 19.2 Å². The maximum absolute atomic E-state index is 11.7. The van der Waals surface area contributed by atoms with Crippen LogP contribution in [0, 0.1) is 0 Å². The Kier molecular flexibility index (Phi) is 10.9. The average molecular weight is 405 g/mol. The third-order valence-corrected chi connectivity index (χ3v) is 4.00. The van der Waals surface area contributed by atoms with Gasteiger partial charge in [0.15, 0.2) is 13.2 Å². The Morgan fingerprint density at radius 1 is 0.846 bits per heavy atom. The molecule has 0 aliphatic rings. The van der Waals surface area contributed by atoms with Gasteiger partial charge in [-0.05, 0) is 18.9 Å². The number of carbonyl (C=O) groups is 2. The standard InChI is InChI=1S/C18H26Cl2N2O4/c1-3-5-7-21-17(23)11-25-15-10-16(14(20)9-13(15)19)26-12-18(24)22-8-6-4-2/h9-10H,3-8,11-12H2,1-2H3,(H,21,23)(H,22,24). The van der Waals surface area contributed by atoms with E-state index in [1.807, 2.05) is 13.8 Å². The average Bonchev–Trinajstić information content (AvgIpc) is 2.60. The third-order valence-electron chi connectivity index (χ3n) is 3.41. The van der Waals surface area contributed by atoms with Crippen molar-refractivity contribution < 1.29 is 19.1 Å². The Morgan fingerprint density at radius 2 is 1.27 bits per heavy atom. The molecule has 0 atom stereocenters. The molecule has 0 fully saturated rings. The summed E-state index contributed by atoms with van der Waals surface area (Å²) in [6, 6.07) is 2.93. The van der Waals surface area contributed by atoms with Crippen LogP contribution in [-0.4, -0.2) is 38.1 Å². The third kappa shape index (κ3) is 8.63. The van der Waals surface area contributed by atoms with Crippen LogP contribution in [0.1, 0.15) is 39.5 Å². The lowest BCUT2D eigenvalue weighted by atomic mass is 10.3. The first-order valence-electron chi connectivity index (χ1n) is 8.75. The number of nitrogens with one attached hydrogen (secondary N) is 2. The van der Waals surface area contributed by atoms with Crippen molar-refractivity contribution in [2.24, 2.45) is 0 Å². The Bertz CT molecular complexity index is 550. The summed E-state index contributed by atoms with van der Waals surface area (Å²) in [5.74, 6) is 0.0654. The molecule has 0 spiro atoms. The van der Waals surface area contributed by atoms with Gasteiger partial charge >= 0.3 is 0 Å². The summed E-state index contributed by atoms with van der Waals surface area (Å²) in [7, 11) is 0. The van der Waals surface area contributed by atoms with Gasteiger partial charge < -0.3 is 20.1 Å². The van der Waals surface area contributed by atoms with Crippen LogP contribution in [-0.2, 0) is 9.59 Å². The molecule has 146 valence electrons. The van der Waals surface area contributed by atoms with E-state index in [0.29, 0.717) is 13.1 Å². The predicted molar refractivity (Wildman–Crippen MR) is 103 cm³/mol. The van der Waals surface area contributed by atoms with Gasteiger partial charge in [0.05, 0.1) is 10.0 Å². The molecule has 26 heavy (non-hydrogen) atoms. The summed E-state index contributed by atoms with van der Waals surface area (Å²) in [6.45, 7) is 4.97. The van der Waals surface area contributed by atoms with E-state index in [4.69, 9.17) is 32.7 Å². The minimum Gasteiger partial charge on any atom is -0.482 e. The Balaban J connectivity index is 2.56. The van der Waals surface area contributed by atoms with Crippen molar-refractivity contribution >= 4 is 35.0 Å². The van der Waals surface area contributed by atoms with Crippen molar-refractivity contribution in [2.45, 2.75) is 39.5 Å². The molecule has 0 aromatic heterocycles. The monoisotopic (exact) mass is 404 g/mol. The molecule has 0 radical (unpaired) electrons. The molecule has 2 amide bonds. The summed E-state index contributed by atoms with van der Waals surface area (Å²) < 4.78 is 10.9. The Morgan fingerprint density at radius 3 is 1.65 bits per heavy atom. The van der Waals surface area contributed by atoms with Gasteiger partial charge in [-0.3, -0.25) is 9.59 Å². The fourth-order valence-electron chi connectivity index (χ4n) is 1.93. The molecule has 1 aromatic rings. The highest BCUT2D eigenvalue weighted by atomic mass is 35.5. The first kappa shape index (κ1) is 22.4. The van der Waals surface area contributed by atoms with Crippen LogP contribution in [0.25, 0.3) is 0 Å². The summed E-state index contributed by atoms with van der Waals surface area (Å²) in [4.78, 5) is 23.4. The summed E-state index contributed by atoms with van der Waals surface area (Å²) in [6.07, 6.45) is 3.81. The molecule has 1 aromatic carbocycles. The maximum atomic E-state index is 11.7. The topological polar surface area (TPSA) is 76.7 Å². The predicted octanol–water partition coefficient (Wildman–Crippen LogP) is 3.58. The van der Waals surface area contributed by atoms with Crippen LogP contribution >= 0.6 is 23.2 Å². The van der Waals surface area contributed by atoms with Crippen molar-refractivity contribution in [3.8, 4) is 11.5 Å². The smallest absolute Gasteiger partial charge is 0.257 e. The molecular formula is C18H26Cl2N2O4. The van der Waals surface area contributed by atoms with E-state index in [1.54, 1.807) is 0 Å². The van der Waals surface area contributed by atoms with Crippen LogP contribution < -0.4 is 20.1 Å². The lowest BCUT2D eigenvalue weighted by Crippen LogP contribution is -2.30. The molecular weight excluding hydrogens is 379 g/mol. The first-order valence-corrected chi connectivity index (χ1v) is 9.51. The zero-order valence-corrected chi connectivity index (χ0v) is 16.7. The summed E-state index contributed by atoms with van der Waals surface area (Å²) in [5.41, 5.74) is 0. The number of halogens is 2. The SMILES string of the molecule is CCCCNC(=O)COc1cc(OCC(=O)NCCCC)c(Cl)cc1Cl. The molecule has 8 heteroatoms. The molecule has 0 saturated heterocycles. The molecule has 1 rings (SSSR count). The van der Waals surface area contributed by atoms with Gasteiger partial charge in [0.25, 0.3) is 11.8 Å². The minimum absolute atomic E-state index is 0.165. The zero-order chi connectivity index (χ0) is 19.4. The largest absolute Gasteiger partial charge is 0.482 e. The van der Waals surface area contributed by atoms with Crippen molar-refractivity contribution in [3.05, 3.63) is 22.2 Å². The molecule has 0 unspecified atom stereocenters. The van der Waals surface area contributed by atoms with Crippen LogP contribution in [0.2, 0.25) is 10.0 Å². The van der Waals surface area contributed by atoms with Crippen LogP contribution in [0.4, 0.5) is 0 Å². The molecule has 0 aliphatic heterocycles. The van der Waals surface area contributed by atoms with Crippen LogP contribution in [0.5, 0.6) is 11.5 Å². The highest BCUT2D eigenvalue weighted by Crippen LogP contribution is 2.35. The number of unbranched alkanes of at least 4 members (excludes halogenated alkanes) is 2. The van der Waals surface area contributed by atoms with Crippen molar-refractivity contribution in [1.29, 1.82) is 0 Å². The lowest BCUT2D eigenvalue weighted by molar-refractivity contribution is -0.123. The van der Waals surface area contributed by atoms with E-state index >= 15 is 0 Å². The molecule has 6 nitrogen and oxygen atoms in total. The Hall–Kier alpha value is -1.66. The van der Waals surface area contributed by atoms with Crippen LogP contribution in [0.15, 0.2) is 12.1 Å². The summed E-state index contributed by atoms with van der Waals surface area (Å²) >= 11 is 12.2. The molecule has 2 N–H and O–H groups in total. The number of carbonyl (C=O) groups excluding carboxylic acids is 2. The van der Waals surface area contributed by atoms with E-state index in [0.717, 1.165) is 25.7 Å². The van der Waals surface area contributed by atoms with Crippen molar-refractivity contribution in [2.75, 3.05) is 26.3 Å². The number of benzene rings is 1. The number of hydrogen-bond acceptors (Lipinski definition) is 4. The number of rotatable bonds is 12. The second-order valence-electron chi connectivity index (χ2n) is 5.70. The van der Waals surface area contributed by atoms with Gasteiger partial charge in [-0.2, -0.15) is 0 Å². The normalized spacial score (nSPS) is 10.3. The van der Waals surface area contributed by atoms with E-state index < -0.39 is 0 Å². The van der Waals surface area contributed by atoms with Crippen molar-refractivity contribution in [3.63, 3.8) is 0 Å². The molecule has 0 heterocycles. The van der Waals surface area contributed by atoms with Gasteiger partial charge in [-0.1, -0.05) is 49.9 Å². The van der Waals surface area contributed by atoms with Gasteiger partial charge in [0.2, 0.25) is 0 Å². The maximum Gasteiger partial charge on any atom is 0.257 e. The first-order chi connectivity index (χ1) is 12.5. The number of amides is 2. The van der Waals surface area contributed by atoms with Gasteiger partial charge in [-0.15, -0.1) is 0 Å². The second-order valence-corrected chi connectivity index (χ2v) is 6.51. The molecule has 0 aliphatic carbocycles. The zero-order valence-electron chi connectivity index (χ0n) is 15.2. The van der Waals surface area contributed by atoms with Gasteiger partial charge in [-0.25, -0.2) is 0 Å². The second kappa shape index (κ2) is 12.7. The number of ether oxygens (including phenoxy) is 2. The molecule has 0 bridgehead atoms. The summed E-state index contributed by atoms with van der Waals surface area (Å²) in [5, 5.41) is 6.01. The van der Waals surface area contributed by atoms with E-state index in [-0.39, 0.29) is 46.6 Å². The fraction of sp³-hybridized carbons (Fsp3) is 0.556. The highest BCUT2D eigenvalue weighted by molar-refractivity contribution is 6.36. The Labute approximate surface area is 164 Å². The van der Waals surface area contributed by atoms with E-state index in [1.165, 1.54) is 12.1 Å². The van der Waals surface area contributed by atoms with E-state index in [9.17, 15) is 9.59 Å². The van der Waals surface area contributed by atoms with Crippen molar-refractivity contribution in [1.82, 2.24) is 10.6 Å². The van der Waals surface area contributed by atoms with E-state index in [2.05, 4.69) is 10.6 Å². The number of hydrogen-bond donors (Lipinski definition) is 2. The minimum atomic E-state index is -0.234. The quantitative estimate of drug-likeness (QED) is 0.521. The van der Waals surface area contributed by atoms with Crippen LogP contribution in [0.3, 0.4) is 0 Å².